The average molecular weight is 547 g/mol. The molecule has 0 aliphatic carbocycles. The van der Waals surface area contributed by atoms with E-state index in [2.05, 4.69) is 132 Å². The van der Waals surface area contributed by atoms with Gasteiger partial charge in [-0.05, 0) is 72.8 Å². The molecule has 0 aliphatic rings. The summed E-state index contributed by atoms with van der Waals surface area (Å²) in [7, 11) is -2.01. The molecule has 5 heteroatoms. The Morgan fingerprint density at radius 1 is 0.561 bits per heavy atom. The Balaban J connectivity index is 1.49. The Morgan fingerprint density at radius 3 is 1.88 bits per heavy atom. The molecule has 0 aliphatic heterocycles. The van der Waals surface area contributed by atoms with Crippen molar-refractivity contribution in [3.63, 3.8) is 0 Å². The molecular formula is C36H30N4Si. The van der Waals surface area contributed by atoms with Gasteiger partial charge in [-0.3, -0.25) is 9.88 Å². The van der Waals surface area contributed by atoms with Gasteiger partial charge < -0.3 is 4.57 Å². The summed E-state index contributed by atoms with van der Waals surface area (Å²) in [6, 6.07) is 47.2. The molecule has 0 unspecified atom stereocenters. The molecule has 7 rings (SSSR count). The van der Waals surface area contributed by atoms with E-state index in [0.29, 0.717) is 0 Å². The van der Waals surface area contributed by atoms with Crippen LogP contribution in [-0.4, -0.2) is 22.6 Å². The molecule has 0 fully saturated rings. The smallest absolute Gasteiger partial charge is 0.137 e. The molecule has 0 N–H and O–H groups in total. The van der Waals surface area contributed by atoms with E-state index in [4.69, 9.17) is 9.97 Å². The summed E-state index contributed by atoms with van der Waals surface area (Å²) in [6.45, 7) is 4.77. The summed E-state index contributed by atoms with van der Waals surface area (Å²) in [5.74, 6) is 0.884. The Morgan fingerprint density at radius 2 is 1.20 bits per heavy atom. The molecule has 0 radical (unpaired) electrons. The van der Waals surface area contributed by atoms with E-state index < -0.39 is 8.07 Å². The van der Waals surface area contributed by atoms with Crippen molar-refractivity contribution in [3.8, 4) is 5.69 Å². The van der Waals surface area contributed by atoms with Crippen molar-refractivity contribution in [3.05, 3.63) is 146 Å². The topological polar surface area (TPSA) is 34.0 Å². The number of fused-ring (bicyclic) bond motifs is 3. The summed E-state index contributed by atoms with van der Waals surface area (Å²) in [4.78, 5) is 11.7. The summed E-state index contributed by atoms with van der Waals surface area (Å²) >= 11 is 0. The van der Waals surface area contributed by atoms with Gasteiger partial charge in [0.2, 0.25) is 0 Å². The van der Waals surface area contributed by atoms with Crippen molar-refractivity contribution in [2.75, 3.05) is 4.90 Å². The first kappa shape index (κ1) is 25.0. The van der Waals surface area contributed by atoms with Crippen LogP contribution in [0, 0.1) is 0 Å². The molecule has 0 spiro atoms. The number of nitrogens with zero attached hydrogens (tertiary/aromatic N) is 4. The molecule has 7 aromatic rings. The van der Waals surface area contributed by atoms with Crippen molar-refractivity contribution < 1.29 is 0 Å². The third kappa shape index (κ3) is 4.41. The van der Waals surface area contributed by atoms with Gasteiger partial charge in [0, 0.05) is 45.5 Å². The zero-order valence-electron chi connectivity index (χ0n) is 23.1. The van der Waals surface area contributed by atoms with Crippen LogP contribution >= 0.6 is 0 Å². The highest BCUT2D eigenvalue weighted by atomic mass is 28.3. The Bertz CT molecular complexity index is 1910. The van der Waals surface area contributed by atoms with Crippen molar-refractivity contribution in [2.24, 2.45) is 0 Å². The fourth-order valence-electron chi connectivity index (χ4n) is 5.75. The predicted octanol–water partition coefficient (Wildman–Crippen LogP) is 7.87. The minimum atomic E-state index is -2.01. The quantitative estimate of drug-likeness (QED) is 0.199. The maximum atomic E-state index is 4.77. The van der Waals surface area contributed by atoms with Crippen molar-refractivity contribution in [2.45, 2.75) is 13.1 Å². The Kier molecular flexibility index (Phi) is 6.21. The van der Waals surface area contributed by atoms with E-state index in [-0.39, 0.29) is 0 Å². The number of anilines is 3. The molecule has 198 valence electrons. The molecule has 0 amide bonds. The van der Waals surface area contributed by atoms with Gasteiger partial charge in [-0.15, -0.1) is 0 Å². The van der Waals surface area contributed by atoms with Gasteiger partial charge in [0.25, 0.3) is 0 Å². The lowest BCUT2D eigenvalue weighted by Gasteiger charge is -2.24. The van der Waals surface area contributed by atoms with Crippen LogP contribution in [0.1, 0.15) is 0 Å². The molecule has 0 atom stereocenters. The summed E-state index contributed by atoms with van der Waals surface area (Å²) in [6.07, 6.45) is 3.76. The molecular weight excluding hydrogens is 517 g/mol. The first-order valence-electron chi connectivity index (χ1n) is 13.9. The standard InChI is InChI=1S/C36H30N4Si/c1-41(2,36-18-10-12-24-38-36)30-20-22-34-32(26-30)31-25-29(19-21-33(31)40(34)28-15-7-4-8-16-28)39(27-13-5-3-6-14-27)35-17-9-11-23-37-35/h3-26H,1-2H3. The maximum absolute atomic E-state index is 4.77. The van der Waals surface area contributed by atoms with E-state index in [1.807, 2.05) is 36.7 Å². The third-order valence-electron chi connectivity index (χ3n) is 7.94. The zero-order chi connectivity index (χ0) is 27.8. The number of benzene rings is 4. The van der Waals surface area contributed by atoms with E-state index in [1.165, 1.54) is 32.3 Å². The SMILES string of the molecule is C[Si](C)(c1ccc2c(c1)c1cc(N(c3ccccc3)c3ccccn3)ccc1n2-c1ccccc1)c1ccccn1. The average Bonchev–Trinajstić information content (AvgIpc) is 3.36. The van der Waals surface area contributed by atoms with Crippen molar-refractivity contribution in [1.82, 2.24) is 14.5 Å². The highest BCUT2D eigenvalue weighted by Gasteiger charge is 2.28. The molecule has 0 bridgehead atoms. The first-order valence-corrected chi connectivity index (χ1v) is 16.9. The lowest BCUT2D eigenvalue weighted by atomic mass is 10.1. The highest BCUT2D eigenvalue weighted by molar-refractivity contribution is 7.00. The van der Waals surface area contributed by atoms with Crippen LogP contribution in [0.5, 0.6) is 0 Å². The van der Waals surface area contributed by atoms with Gasteiger partial charge in [-0.1, -0.05) is 78.9 Å². The zero-order valence-corrected chi connectivity index (χ0v) is 24.1. The van der Waals surface area contributed by atoms with Gasteiger partial charge in [0.1, 0.15) is 13.9 Å². The third-order valence-corrected chi connectivity index (χ3v) is 11.3. The molecule has 0 saturated heterocycles. The van der Waals surface area contributed by atoms with E-state index in [0.717, 1.165) is 22.9 Å². The second-order valence-corrected chi connectivity index (χ2v) is 15.1. The van der Waals surface area contributed by atoms with E-state index in [9.17, 15) is 0 Å². The minimum absolute atomic E-state index is 0.884. The lowest BCUT2D eigenvalue weighted by molar-refractivity contribution is 1.17. The normalized spacial score (nSPS) is 11.7. The monoisotopic (exact) mass is 546 g/mol. The van der Waals surface area contributed by atoms with Gasteiger partial charge in [-0.2, -0.15) is 0 Å². The van der Waals surface area contributed by atoms with Crippen LogP contribution in [0.15, 0.2) is 146 Å². The number of rotatable bonds is 6. The number of hydrogen-bond donors (Lipinski definition) is 0. The molecule has 3 heterocycles. The maximum Gasteiger partial charge on any atom is 0.137 e. The molecule has 4 aromatic carbocycles. The minimum Gasteiger partial charge on any atom is -0.309 e. The summed E-state index contributed by atoms with van der Waals surface area (Å²) in [5.41, 5.74) is 5.67. The number of aromatic nitrogens is 3. The highest BCUT2D eigenvalue weighted by Crippen LogP contribution is 2.38. The largest absolute Gasteiger partial charge is 0.309 e. The Labute approximate surface area is 241 Å². The van der Waals surface area contributed by atoms with Crippen molar-refractivity contribution in [1.29, 1.82) is 0 Å². The van der Waals surface area contributed by atoms with Gasteiger partial charge in [-0.25, -0.2) is 4.98 Å². The van der Waals surface area contributed by atoms with E-state index in [1.54, 1.807) is 0 Å². The summed E-state index contributed by atoms with van der Waals surface area (Å²) < 4.78 is 2.38. The number of para-hydroxylation sites is 2. The Hall–Kier alpha value is -5.00. The number of hydrogen-bond acceptors (Lipinski definition) is 3. The molecule has 41 heavy (non-hydrogen) atoms. The summed E-state index contributed by atoms with van der Waals surface area (Å²) in [5, 5.41) is 5.02. The van der Waals surface area contributed by atoms with Crippen LogP contribution in [0.2, 0.25) is 13.1 Å². The van der Waals surface area contributed by atoms with Crippen LogP contribution < -0.4 is 15.4 Å². The second-order valence-electron chi connectivity index (χ2n) is 10.8. The number of pyridine rings is 2. The predicted molar refractivity (Wildman–Crippen MR) is 174 cm³/mol. The second kappa shape index (κ2) is 10.2. The van der Waals surface area contributed by atoms with Crippen LogP contribution in [0.4, 0.5) is 17.2 Å². The first-order chi connectivity index (χ1) is 20.1. The molecule has 4 nitrogen and oxygen atoms in total. The molecule has 3 aromatic heterocycles. The van der Waals surface area contributed by atoms with Crippen LogP contribution in [-0.2, 0) is 0 Å². The van der Waals surface area contributed by atoms with Crippen LogP contribution in [0.3, 0.4) is 0 Å². The lowest BCUT2D eigenvalue weighted by Crippen LogP contribution is -2.54. The fourth-order valence-corrected chi connectivity index (χ4v) is 7.96. The molecule has 0 saturated carbocycles. The fraction of sp³-hybridized carbons (Fsp3) is 0.0556. The van der Waals surface area contributed by atoms with Gasteiger partial charge in [0.05, 0.1) is 11.0 Å². The van der Waals surface area contributed by atoms with Crippen molar-refractivity contribution >= 4 is 57.6 Å². The van der Waals surface area contributed by atoms with Gasteiger partial charge in [0.15, 0.2) is 0 Å². The van der Waals surface area contributed by atoms with Crippen LogP contribution in [0.25, 0.3) is 27.5 Å². The van der Waals surface area contributed by atoms with Gasteiger partial charge >= 0.3 is 0 Å². The van der Waals surface area contributed by atoms with E-state index >= 15 is 0 Å².